The van der Waals surface area contributed by atoms with Crippen molar-refractivity contribution in [2.45, 2.75) is 32.4 Å². The van der Waals surface area contributed by atoms with Crippen LogP contribution in [0.1, 0.15) is 25.0 Å². The lowest BCUT2D eigenvalue weighted by atomic mass is 9.93. The number of urea groups is 1. The zero-order valence-corrected chi connectivity index (χ0v) is 13.7. The zero-order chi connectivity index (χ0) is 17.6. The summed E-state index contributed by atoms with van der Waals surface area (Å²) in [4.78, 5) is 17.4. The molecule has 2 amide bonds. The van der Waals surface area contributed by atoms with Gasteiger partial charge in [-0.1, -0.05) is 6.07 Å². The van der Waals surface area contributed by atoms with Crippen LogP contribution in [0.4, 0.5) is 23.8 Å². The molecule has 8 heteroatoms. The Morgan fingerprint density at radius 1 is 1.33 bits per heavy atom. The molecule has 1 aromatic rings. The van der Waals surface area contributed by atoms with E-state index in [0.717, 1.165) is 25.0 Å². The molecule has 0 bridgehead atoms. The Kier molecular flexibility index (Phi) is 6.42. The van der Waals surface area contributed by atoms with Crippen LogP contribution in [0, 0.1) is 12.8 Å². The number of alkyl halides is 3. The summed E-state index contributed by atoms with van der Waals surface area (Å²) in [6.07, 6.45) is -1.89. The number of nitrogens with zero attached hydrogens (tertiary/aromatic N) is 2. The van der Waals surface area contributed by atoms with Crippen LogP contribution in [0.15, 0.2) is 18.2 Å². The van der Waals surface area contributed by atoms with E-state index in [1.165, 1.54) is 4.90 Å². The van der Waals surface area contributed by atoms with Crippen LogP contribution < -0.4 is 10.6 Å². The van der Waals surface area contributed by atoms with Crippen LogP contribution in [0.25, 0.3) is 0 Å². The number of hydrogen-bond donors (Lipinski definition) is 2. The monoisotopic (exact) mass is 344 g/mol. The van der Waals surface area contributed by atoms with Crippen molar-refractivity contribution in [3.8, 4) is 0 Å². The SMILES string of the molecule is Cc1cccc(NC(=O)NCCC2CCN(CC(F)(F)F)CC2)n1. The number of halogens is 3. The molecule has 0 spiro atoms. The standard InChI is InChI=1S/C16H23F3N4O/c1-12-3-2-4-14(21-12)22-15(24)20-8-5-13-6-9-23(10-7-13)11-16(17,18)19/h2-4,13H,5-11H2,1H3,(H2,20,21,22,24). The maximum absolute atomic E-state index is 12.3. The number of aromatic nitrogens is 1. The first kappa shape index (κ1) is 18.5. The van der Waals surface area contributed by atoms with Gasteiger partial charge in [0.1, 0.15) is 5.82 Å². The second-order valence-corrected chi connectivity index (χ2v) is 6.17. The van der Waals surface area contributed by atoms with Crippen molar-refractivity contribution < 1.29 is 18.0 Å². The van der Waals surface area contributed by atoms with Crippen molar-refractivity contribution >= 4 is 11.8 Å². The molecule has 0 aliphatic carbocycles. The first-order valence-electron chi connectivity index (χ1n) is 8.09. The summed E-state index contributed by atoms with van der Waals surface area (Å²) >= 11 is 0. The fourth-order valence-corrected chi connectivity index (χ4v) is 2.85. The van der Waals surface area contributed by atoms with E-state index >= 15 is 0 Å². The first-order chi connectivity index (χ1) is 11.3. The highest BCUT2D eigenvalue weighted by Gasteiger charge is 2.32. The van der Waals surface area contributed by atoms with Crippen LogP contribution in [0.5, 0.6) is 0 Å². The van der Waals surface area contributed by atoms with Crippen LogP contribution >= 0.6 is 0 Å². The van der Waals surface area contributed by atoms with Gasteiger partial charge in [-0.25, -0.2) is 9.78 Å². The van der Waals surface area contributed by atoms with Gasteiger partial charge < -0.3 is 5.32 Å². The van der Waals surface area contributed by atoms with Crippen molar-refractivity contribution in [2.24, 2.45) is 5.92 Å². The van der Waals surface area contributed by atoms with Crippen molar-refractivity contribution in [2.75, 3.05) is 31.5 Å². The number of piperidine rings is 1. The highest BCUT2D eigenvalue weighted by Crippen LogP contribution is 2.23. The predicted octanol–water partition coefficient (Wildman–Crippen LogP) is 3.18. The van der Waals surface area contributed by atoms with Gasteiger partial charge in [0.05, 0.1) is 6.54 Å². The third kappa shape index (κ3) is 6.74. The molecule has 0 saturated carbocycles. The van der Waals surface area contributed by atoms with Gasteiger partial charge >= 0.3 is 12.2 Å². The van der Waals surface area contributed by atoms with Crippen molar-refractivity contribution in [1.29, 1.82) is 0 Å². The zero-order valence-electron chi connectivity index (χ0n) is 13.7. The molecule has 2 N–H and O–H groups in total. The van der Waals surface area contributed by atoms with Gasteiger partial charge in [0.15, 0.2) is 0 Å². The van der Waals surface area contributed by atoms with Gasteiger partial charge in [-0.15, -0.1) is 0 Å². The minimum absolute atomic E-state index is 0.317. The highest BCUT2D eigenvalue weighted by molar-refractivity contribution is 5.88. The fraction of sp³-hybridized carbons (Fsp3) is 0.625. The second kappa shape index (κ2) is 8.32. The lowest BCUT2D eigenvalue weighted by Crippen LogP contribution is -2.40. The van der Waals surface area contributed by atoms with Crippen LogP contribution in [0.3, 0.4) is 0 Å². The average Bonchev–Trinajstić information content (AvgIpc) is 2.47. The molecule has 0 radical (unpaired) electrons. The van der Waals surface area contributed by atoms with E-state index in [-0.39, 0.29) is 6.03 Å². The second-order valence-electron chi connectivity index (χ2n) is 6.17. The Bertz CT molecular complexity index is 542. The van der Waals surface area contributed by atoms with Crippen molar-refractivity contribution in [3.05, 3.63) is 23.9 Å². The van der Waals surface area contributed by atoms with Gasteiger partial charge in [-0.3, -0.25) is 10.2 Å². The molecule has 1 fully saturated rings. The lowest BCUT2D eigenvalue weighted by molar-refractivity contribution is -0.148. The summed E-state index contributed by atoms with van der Waals surface area (Å²) < 4.78 is 37.0. The van der Waals surface area contributed by atoms with E-state index in [9.17, 15) is 18.0 Å². The Morgan fingerprint density at radius 2 is 2.04 bits per heavy atom. The van der Waals surface area contributed by atoms with Gasteiger partial charge in [-0.05, 0) is 57.3 Å². The molecular formula is C16H23F3N4O. The van der Waals surface area contributed by atoms with E-state index in [4.69, 9.17) is 0 Å². The van der Waals surface area contributed by atoms with Crippen LogP contribution in [-0.4, -0.2) is 48.3 Å². The summed E-state index contributed by atoms with van der Waals surface area (Å²) in [7, 11) is 0. The van der Waals surface area contributed by atoms with Gasteiger partial charge in [0, 0.05) is 12.2 Å². The topological polar surface area (TPSA) is 57.3 Å². The van der Waals surface area contributed by atoms with Crippen LogP contribution in [-0.2, 0) is 0 Å². The molecular weight excluding hydrogens is 321 g/mol. The molecule has 134 valence electrons. The number of nitrogens with one attached hydrogen (secondary N) is 2. The number of carbonyl (C=O) groups is 1. The third-order valence-corrected chi connectivity index (χ3v) is 4.08. The molecule has 2 heterocycles. The van der Waals surface area contributed by atoms with E-state index in [1.807, 2.05) is 19.1 Å². The largest absolute Gasteiger partial charge is 0.401 e. The van der Waals surface area contributed by atoms with E-state index < -0.39 is 12.7 Å². The summed E-state index contributed by atoms with van der Waals surface area (Å²) in [6, 6.07) is 5.05. The predicted molar refractivity (Wildman–Crippen MR) is 85.8 cm³/mol. The van der Waals surface area contributed by atoms with E-state index in [2.05, 4.69) is 15.6 Å². The lowest BCUT2D eigenvalue weighted by Gasteiger charge is -2.32. The minimum atomic E-state index is -4.13. The fourth-order valence-electron chi connectivity index (χ4n) is 2.85. The molecule has 1 aromatic heterocycles. The summed E-state index contributed by atoms with van der Waals surface area (Å²) in [5.74, 6) is 0.847. The summed E-state index contributed by atoms with van der Waals surface area (Å²) in [6.45, 7) is 2.44. The Hall–Kier alpha value is -1.83. The molecule has 0 aromatic carbocycles. The van der Waals surface area contributed by atoms with E-state index in [0.29, 0.717) is 31.4 Å². The van der Waals surface area contributed by atoms with E-state index in [1.54, 1.807) is 6.07 Å². The third-order valence-electron chi connectivity index (χ3n) is 4.08. The minimum Gasteiger partial charge on any atom is -0.338 e. The van der Waals surface area contributed by atoms with Crippen LogP contribution in [0.2, 0.25) is 0 Å². The number of hydrogen-bond acceptors (Lipinski definition) is 3. The average molecular weight is 344 g/mol. The Labute approximate surface area is 139 Å². The molecule has 1 aliphatic heterocycles. The quantitative estimate of drug-likeness (QED) is 0.863. The Morgan fingerprint density at radius 3 is 2.67 bits per heavy atom. The maximum atomic E-state index is 12.3. The van der Waals surface area contributed by atoms with Crippen molar-refractivity contribution in [3.63, 3.8) is 0 Å². The van der Waals surface area contributed by atoms with Gasteiger partial charge in [0.2, 0.25) is 0 Å². The smallest absolute Gasteiger partial charge is 0.338 e. The maximum Gasteiger partial charge on any atom is 0.401 e. The van der Waals surface area contributed by atoms with Crippen molar-refractivity contribution in [1.82, 2.24) is 15.2 Å². The molecule has 5 nitrogen and oxygen atoms in total. The molecule has 0 unspecified atom stereocenters. The Balaban J connectivity index is 1.62. The summed E-state index contributed by atoms with van der Waals surface area (Å²) in [5, 5.41) is 5.42. The number of pyridine rings is 1. The number of likely N-dealkylation sites (tertiary alicyclic amines) is 1. The molecule has 2 rings (SSSR count). The number of amides is 2. The van der Waals surface area contributed by atoms with Gasteiger partial charge in [0.25, 0.3) is 0 Å². The highest BCUT2D eigenvalue weighted by atomic mass is 19.4. The summed E-state index contributed by atoms with van der Waals surface area (Å²) in [5.41, 5.74) is 0.818. The van der Waals surface area contributed by atoms with Gasteiger partial charge in [-0.2, -0.15) is 13.2 Å². The molecule has 1 saturated heterocycles. The molecule has 24 heavy (non-hydrogen) atoms. The molecule has 1 aliphatic rings. The normalized spacial score (nSPS) is 16.8. The number of rotatable bonds is 5. The first-order valence-corrected chi connectivity index (χ1v) is 8.09. The molecule has 0 atom stereocenters. The number of anilines is 1. The number of aryl methyl sites for hydroxylation is 1. The number of carbonyl (C=O) groups excluding carboxylic acids is 1.